The van der Waals surface area contributed by atoms with Crippen LogP contribution in [0.1, 0.15) is 28.3 Å². The van der Waals surface area contributed by atoms with Gasteiger partial charge in [-0.1, -0.05) is 54.1 Å². The zero-order chi connectivity index (χ0) is 26.8. The summed E-state index contributed by atoms with van der Waals surface area (Å²) < 4.78 is 19.6. The van der Waals surface area contributed by atoms with E-state index in [9.17, 15) is 19.1 Å². The minimum Gasteiger partial charge on any atom is -0.507 e. The molecule has 4 aromatic carbocycles. The van der Waals surface area contributed by atoms with Gasteiger partial charge < -0.3 is 9.84 Å². The van der Waals surface area contributed by atoms with Gasteiger partial charge in [-0.25, -0.2) is 4.39 Å². The molecule has 5 nitrogen and oxygen atoms in total. The smallest absolute Gasteiger partial charge is 0.300 e. The Morgan fingerprint density at radius 2 is 1.63 bits per heavy atom. The summed E-state index contributed by atoms with van der Waals surface area (Å²) in [7, 11) is 0. The zero-order valence-corrected chi connectivity index (χ0v) is 21.2. The molecule has 0 aromatic heterocycles. The van der Waals surface area contributed by atoms with Gasteiger partial charge in [-0.05, 0) is 78.2 Å². The lowest BCUT2D eigenvalue weighted by Crippen LogP contribution is -2.29. The second-order valence-electron chi connectivity index (χ2n) is 8.95. The van der Waals surface area contributed by atoms with E-state index >= 15 is 0 Å². The summed E-state index contributed by atoms with van der Waals surface area (Å²) in [5.74, 6) is -1.82. The number of hydrogen-bond donors (Lipinski definition) is 1. The van der Waals surface area contributed by atoms with Gasteiger partial charge in [0.1, 0.15) is 23.9 Å². The summed E-state index contributed by atoms with van der Waals surface area (Å²) in [4.78, 5) is 27.8. The number of Topliss-reactive ketones (excluding diaryl/α,β-unsaturated/α-hetero) is 1. The predicted octanol–water partition coefficient (Wildman–Crippen LogP) is 6.99. The van der Waals surface area contributed by atoms with Crippen LogP contribution in [-0.2, 0) is 16.2 Å². The summed E-state index contributed by atoms with van der Waals surface area (Å²) in [5, 5.41) is 11.9. The number of aliphatic hydroxyl groups is 1. The quantitative estimate of drug-likeness (QED) is 0.167. The monoisotopic (exact) mass is 527 g/mol. The first kappa shape index (κ1) is 25.2. The molecule has 0 aliphatic carbocycles. The van der Waals surface area contributed by atoms with E-state index in [1.54, 1.807) is 42.5 Å². The number of hydrogen-bond acceptors (Lipinski definition) is 4. The molecule has 1 saturated heterocycles. The van der Waals surface area contributed by atoms with E-state index in [-0.39, 0.29) is 11.3 Å². The standard InChI is InChI=1S/C31H23ClFNO4/c1-19-17-22(9-16-26(19)38-18-20-5-3-2-4-6-20)29(35)27-28(21-7-10-23(32)11-8-21)34(31(37)30(27)36)25-14-12-24(33)13-15-25/h2-17,28,35H,18H2,1H3/b29-27-. The van der Waals surface area contributed by atoms with E-state index in [1.165, 1.54) is 29.2 Å². The van der Waals surface area contributed by atoms with Crippen molar-refractivity contribution in [1.82, 2.24) is 0 Å². The Morgan fingerprint density at radius 1 is 0.947 bits per heavy atom. The SMILES string of the molecule is Cc1cc(/C(O)=C2/C(=O)C(=O)N(c3ccc(F)cc3)C2c2ccc(Cl)cc2)ccc1OCc1ccccc1. The number of amides is 1. The second-order valence-corrected chi connectivity index (χ2v) is 9.39. The van der Waals surface area contributed by atoms with Gasteiger partial charge in [-0.2, -0.15) is 0 Å². The summed E-state index contributed by atoms with van der Waals surface area (Å²) in [5.41, 5.74) is 2.96. The number of ether oxygens (including phenoxy) is 1. The lowest BCUT2D eigenvalue weighted by molar-refractivity contribution is -0.132. The highest BCUT2D eigenvalue weighted by Crippen LogP contribution is 2.42. The van der Waals surface area contributed by atoms with E-state index in [4.69, 9.17) is 16.3 Å². The molecule has 1 atom stereocenters. The Hall–Kier alpha value is -4.42. The van der Waals surface area contributed by atoms with Crippen molar-refractivity contribution >= 4 is 34.7 Å². The molecular weight excluding hydrogens is 505 g/mol. The first-order chi connectivity index (χ1) is 18.3. The Kier molecular flexibility index (Phi) is 6.99. The Balaban J connectivity index is 1.55. The molecule has 1 unspecified atom stereocenters. The first-order valence-electron chi connectivity index (χ1n) is 11.9. The zero-order valence-electron chi connectivity index (χ0n) is 20.4. The molecule has 1 aliphatic heterocycles. The normalized spacial score (nSPS) is 16.6. The van der Waals surface area contributed by atoms with Gasteiger partial charge in [0.05, 0.1) is 11.6 Å². The number of nitrogens with zero attached hydrogens (tertiary/aromatic N) is 1. The van der Waals surface area contributed by atoms with Gasteiger partial charge in [0.15, 0.2) is 0 Å². The van der Waals surface area contributed by atoms with Crippen LogP contribution < -0.4 is 9.64 Å². The predicted molar refractivity (Wildman–Crippen MR) is 145 cm³/mol. The van der Waals surface area contributed by atoms with E-state index < -0.39 is 23.5 Å². The fraction of sp³-hybridized carbons (Fsp3) is 0.0968. The summed E-state index contributed by atoms with van der Waals surface area (Å²) in [6, 6.07) is 25.8. The van der Waals surface area contributed by atoms with Crippen LogP contribution >= 0.6 is 11.6 Å². The molecular formula is C31H23ClFNO4. The van der Waals surface area contributed by atoms with Crippen LogP contribution in [0.15, 0.2) is 103 Å². The molecule has 7 heteroatoms. The van der Waals surface area contributed by atoms with Crippen LogP contribution in [-0.4, -0.2) is 16.8 Å². The Labute approximate surface area is 224 Å². The minimum atomic E-state index is -0.938. The minimum absolute atomic E-state index is 0.0704. The molecule has 5 rings (SSSR count). The fourth-order valence-corrected chi connectivity index (χ4v) is 4.64. The van der Waals surface area contributed by atoms with Gasteiger partial charge in [-0.3, -0.25) is 14.5 Å². The number of ketones is 1. The number of anilines is 1. The highest BCUT2D eigenvalue weighted by Gasteiger charge is 2.47. The molecule has 0 radical (unpaired) electrons. The van der Waals surface area contributed by atoms with Gasteiger partial charge in [0.25, 0.3) is 11.7 Å². The molecule has 1 fully saturated rings. The molecule has 1 aliphatic rings. The van der Waals surface area contributed by atoms with E-state index in [0.29, 0.717) is 34.2 Å². The van der Waals surface area contributed by atoms with Gasteiger partial charge in [0, 0.05) is 16.3 Å². The van der Waals surface area contributed by atoms with Gasteiger partial charge in [0.2, 0.25) is 0 Å². The molecule has 38 heavy (non-hydrogen) atoms. The van der Waals surface area contributed by atoms with Crippen molar-refractivity contribution < 1.29 is 23.8 Å². The summed E-state index contributed by atoms with van der Waals surface area (Å²) in [6.45, 7) is 2.22. The average molecular weight is 528 g/mol. The molecule has 1 amide bonds. The molecule has 4 aromatic rings. The largest absolute Gasteiger partial charge is 0.507 e. The topological polar surface area (TPSA) is 66.8 Å². The van der Waals surface area contributed by atoms with Crippen LogP contribution in [0.5, 0.6) is 5.75 Å². The van der Waals surface area contributed by atoms with Crippen molar-refractivity contribution in [2.24, 2.45) is 0 Å². The molecule has 0 bridgehead atoms. The van der Waals surface area contributed by atoms with Crippen LogP contribution in [0.2, 0.25) is 5.02 Å². The number of aliphatic hydroxyl groups excluding tert-OH is 1. The summed E-state index contributed by atoms with van der Waals surface area (Å²) in [6.07, 6.45) is 0. The highest BCUT2D eigenvalue weighted by molar-refractivity contribution is 6.51. The number of carbonyl (C=O) groups excluding carboxylic acids is 2. The number of carbonyl (C=O) groups is 2. The van der Waals surface area contributed by atoms with Gasteiger partial charge >= 0.3 is 0 Å². The van der Waals surface area contributed by atoms with E-state index in [1.807, 2.05) is 37.3 Å². The number of benzene rings is 4. The van der Waals surface area contributed by atoms with E-state index in [2.05, 4.69) is 0 Å². The van der Waals surface area contributed by atoms with Crippen molar-refractivity contribution in [2.45, 2.75) is 19.6 Å². The maximum Gasteiger partial charge on any atom is 0.300 e. The fourth-order valence-electron chi connectivity index (χ4n) is 4.51. The molecule has 0 spiro atoms. The lowest BCUT2D eigenvalue weighted by Gasteiger charge is -2.25. The lowest BCUT2D eigenvalue weighted by atomic mass is 9.94. The van der Waals surface area contributed by atoms with Crippen molar-refractivity contribution in [1.29, 1.82) is 0 Å². The van der Waals surface area contributed by atoms with Crippen LogP contribution in [0.25, 0.3) is 5.76 Å². The maximum atomic E-state index is 13.6. The second kappa shape index (κ2) is 10.5. The van der Waals surface area contributed by atoms with Crippen molar-refractivity contribution in [3.8, 4) is 5.75 Å². The van der Waals surface area contributed by atoms with Crippen molar-refractivity contribution in [3.05, 3.63) is 136 Å². The average Bonchev–Trinajstić information content (AvgIpc) is 3.19. The summed E-state index contributed by atoms with van der Waals surface area (Å²) >= 11 is 6.08. The number of aryl methyl sites for hydroxylation is 1. The number of rotatable bonds is 6. The van der Waals surface area contributed by atoms with E-state index in [0.717, 1.165) is 11.1 Å². The Bertz CT molecular complexity index is 1530. The Morgan fingerprint density at radius 3 is 2.29 bits per heavy atom. The third-order valence-electron chi connectivity index (χ3n) is 6.42. The highest BCUT2D eigenvalue weighted by atomic mass is 35.5. The van der Waals surface area contributed by atoms with Crippen LogP contribution in [0, 0.1) is 12.7 Å². The van der Waals surface area contributed by atoms with Crippen molar-refractivity contribution in [2.75, 3.05) is 4.90 Å². The molecule has 190 valence electrons. The van der Waals surface area contributed by atoms with Crippen LogP contribution in [0.3, 0.4) is 0 Å². The molecule has 1 heterocycles. The maximum absolute atomic E-state index is 13.6. The molecule has 1 N–H and O–H groups in total. The number of halogens is 2. The van der Waals surface area contributed by atoms with Crippen molar-refractivity contribution in [3.63, 3.8) is 0 Å². The van der Waals surface area contributed by atoms with Gasteiger partial charge in [-0.15, -0.1) is 0 Å². The third kappa shape index (κ3) is 4.91. The molecule has 0 saturated carbocycles. The van der Waals surface area contributed by atoms with Crippen LogP contribution in [0.4, 0.5) is 10.1 Å². The third-order valence-corrected chi connectivity index (χ3v) is 6.67. The first-order valence-corrected chi connectivity index (χ1v) is 12.3.